The highest BCUT2D eigenvalue weighted by Gasteiger charge is 2.77. The molecular weight excluding hydrogens is 582 g/mol. The molecular formula is C37H55N3O4S. The molecule has 3 aliphatic heterocycles. The molecule has 0 saturated carbocycles. The van der Waals surface area contributed by atoms with E-state index in [2.05, 4.69) is 68.5 Å². The summed E-state index contributed by atoms with van der Waals surface area (Å²) < 4.78 is -0.780. The van der Waals surface area contributed by atoms with Crippen LogP contribution in [0.3, 0.4) is 0 Å². The predicted molar refractivity (Wildman–Crippen MR) is 185 cm³/mol. The van der Waals surface area contributed by atoms with Gasteiger partial charge in [0.15, 0.2) is 0 Å². The number of likely N-dealkylation sites (tertiary alicyclic amines) is 1. The molecule has 1 N–H and O–H groups in total. The van der Waals surface area contributed by atoms with Gasteiger partial charge in [0.25, 0.3) is 0 Å². The summed E-state index contributed by atoms with van der Waals surface area (Å²) in [4.78, 5) is 50.1. The third-order valence-corrected chi connectivity index (χ3v) is 12.0. The lowest BCUT2D eigenvalue weighted by molar-refractivity contribution is -0.149. The van der Waals surface area contributed by atoms with Crippen LogP contribution >= 0.6 is 11.8 Å². The van der Waals surface area contributed by atoms with Gasteiger partial charge in [-0.2, -0.15) is 0 Å². The van der Waals surface area contributed by atoms with Crippen LogP contribution in [0.1, 0.15) is 74.7 Å². The fourth-order valence-electron chi connectivity index (χ4n) is 8.78. The second-order valence-electron chi connectivity index (χ2n) is 15.6. The van der Waals surface area contributed by atoms with Crippen molar-refractivity contribution in [2.45, 2.75) is 102 Å². The van der Waals surface area contributed by atoms with E-state index in [1.165, 1.54) is 0 Å². The molecule has 45 heavy (non-hydrogen) atoms. The number of aliphatic hydroxyl groups is 1. The first-order valence-electron chi connectivity index (χ1n) is 16.6. The minimum absolute atomic E-state index is 0.0312. The molecule has 0 aromatic heterocycles. The Labute approximate surface area is 275 Å². The van der Waals surface area contributed by atoms with Gasteiger partial charge in [-0.15, -0.1) is 24.9 Å². The molecule has 3 aliphatic rings. The van der Waals surface area contributed by atoms with Crippen molar-refractivity contribution < 1.29 is 19.5 Å². The van der Waals surface area contributed by atoms with Crippen LogP contribution in [0.15, 0.2) is 55.6 Å². The van der Waals surface area contributed by atoms with Gasteiger partial charge in [0.2, 0.25) is 17.7 Å². The zero-order chi connectivity index (χ0) is 33.5. The Bertz CT molecular complexity index is 1270. The normalized spacial score (nSPS) is 28.3. The highest BCUT2D eigenvalue weighted by Crippen LogP contribution is 2.69. The maximum Gasteiger partial charge on any atom is 0.247 e. The van der Waals surface area contributed by atoms with E-state index in [1.54, 1.807) is 33.7 Å². The summed E-state index contributed by atoms with van der Waals surface area (Å²) in [7, 11) is 0. The van der Waals surface area contributed by atoms with Crippen LogP contribution in [0.25, 0.3) is 0 Å². The summed E-state index contributed by atoms with van der Waals surface area (Å²) in [5.41, 5.74) is 0.201. The van der Waals surface area contributed by atoms with Crippen molar-refractivity contribution in [2.75, 3.05) is 24.6 Å². The van der Waals surface area contributed by atoms with Crippen LogP contribution in [0.4, 0.5) is 5.69 Å². The molecule has 3 heterocycles. The standard InChI is InChI=1S/C37H55N3O4S/c1-11-18-38(26-16-14-13-15-17-26)32(42)29-28-21-25(5)37(45-28)30(29)33(43)40(27(22-41)20-24(3)4)31(37)34(44)39(19-12-2)36(9,10)23-35(6,7)8/h11-17,24-25,27-31,41H,1-2,18-23H2,3-10H3/t25?,27-,28+,29-,30+,31?,37?/m1/s1. The second-order valence-corrected chi connectivity index (χ2v) is 17.2. The van der Waals surface area contributed by atoms with E-state index >= 15 is 4.79 Å². The Morgan fingerprint density at radius 3 is 2.24 bits per heavy atom. The van der Waals surface area contributed by atoms with Gasteiger partial charge in [-0.3, -0.25) is 14.4 Å². The summed E-state index contributed by atoms with van der Waals surface area (Å²) in [6.07, 6.45) is 5.55. The fraction of sp³-hybridized carbons (Fsp3) is 0.649. The number of rotatable bonds is 13. The summed E-state index contributed by atoms with van der Waals surface area (Å²) in [5, 5.41) is 10.7. The first kappa shape index (κ1) is 35.3. The summed E-state index contributed by atoms with van der Waals surface area (Å²) in [6, 6.07) is 8.22. The number of aliphatic hydroxyl groups excluding tert-OH is 1. The van der Waals surface area contributed by atoms with E-state index in [0.717, 1.165) is 18.5 Å². The number of amides is 3. The van der Waals surface area contributed by atoms with Crippen LogP contribution in [0.2, 0.25) is 0 Å². The molecule has 3 unspecified atom stereocenters. The summed E-state index contributed by atoms with van der Waals surface area (Å²) in [6.45, 7) is 25.3. The Balaban J connectivity index is 1.87. The molecule has 3 fully saturated rings. The summed E-state index contributed by atoms with van der Waals surface area (Å²) in [5.74, 6) is -1.39. The van der Waals surface area contributed by atoms with Crippen LogP contribution < -0.4 is 4.90 Å². The van der Waals surface area contributed by atoms with E-state index in [4.69, 9.17) is 0 Å². The monoisotopic (exact) mass is 637 g/mol. The van der Waals surface area contributed by atoms with Gasteiger partial charge in [0, 0.05) is 29.6 Å². The zero-order valence-electron chi connectivity index (χ0n) is 28.7. The maximum atomic E-state index is 15.2. The van der Waals surface area contributed by atoms with Crippen molar-refractivity contribution in [3.8, 4) is 0 Å². The summed E-state index contributed by atoms with van der Waals surface area (Å²) >= 11 is 1.68. The Kier molecular flexibility index (Phi) is 10.4. The van der Waals surface area contributed by atoms with Gasteiger partial charge >= 0.3 is 0 Å². The molecule has 7 atom stereocenters. The van der Waals surface area contributed by atoms with Gasteiger partial charge in [0.1, 0.15) is 6.04 Å². The predicted octanol–water partition coefficient (Wildman–Crippen LogP) is 6.18. The van der Waals surface area contributed by atoms with Gasteiger partial charge in [-0.05, 0) is 62.5 Å². The highest BCUT2D eigenvalue weighted by molar-refractivity contribution is 8.02. The average Bonchev–Trinajstić information content (AvgIpc) is 3.55. The van der Waals surface area contributed by atoms with Crippen LogP contribution in [0, 0.1) is 29.1 Å². The number of benzene rings is 1. The molecule has 1 aromatic rings. The number of hydrogen-bond acceptors (Lipinski definition) is 5. The van der Waals surface area contributed by atoms with Crippen molar-refractivity contribution in [2.24, 2.45) is 29.1 Å². The van der Waals surface area contributed by atoms with Gasteiger partial charge in [-0.1, -0.05) is 71.9 Å². The van der Waals surface area contributed by atoms with Crippen molar-refractivity contribution >= 4 is 35.2 Å². The lowest BCUT2D eigenvalue weighted by Crippen LogP contribution is -2.63. The number of hydrogen-bond donors (Lipinski definition) is 1. The quantitative estimate of drug-likeness (QED) is 0.262. The minimum Gasteiger partial charge on any atom is -0.394 e. The minimum atomic E-state index is -0.794. The first-order valence-corrected chi connectivity index (χ1v) is 17.4. The molecule has 3 amide bonds. The van der Waals surface area contributed by atoms with Crippen molar-refractivity contribution in [1.29, 1.82) is 0 Å². The molecule has 8 heteroatoms. The van der Waals surface area contributed by atoms with Gasteiger partial charge in [0.05, 0.1) is 29.2 Å². The average molecular weight is 638 g/mol. The molecule has 0 radical (unpaired) electrons. The number of fused-ring (bicyclic) bond motifs is 1. The molecule has 248 valence electrons. The zero-order valence-corrected chi connectivity index (χ0v) is 29.5. The first-order chi connectivity index (χ1) is 21.0. The SMILES string of the molecule is C=CCN(C(=O)[C@@H]1[C@@H]2CC(C)C3(S2)C(C(=O)N(CC=C)C(C)(C)CC(C)(C)C)N([C@@H](CO)CC(C)C)C(=O)[C@H]13)c1ccccc1. The van der Waals surface area contributed by atoms with E-state index in [0.29, 0.717) is 19.5 Å². The largest absolute Gasteiger partial charge is 0.394 e. The lowest BCUT2D eigenvalue weighted by atomic mass is 9.65. The molecule has 3 saturated heterocycles. The van der Waals surface area contributed by atoms with Crippen LogP contribution in [-0.2, 0) is 14.4 Å². The van der Waals surface area contributed by atoms with Crippen LogP contribution in [-0.4, -0.2) is 79.9 Å². The Morgan fingerprint density at radius 2 is 1.71 bits per heavy atom. The third-order valence-electron chi connectivity index (χ3n) is 9.97. The number of thioether (sulfide) groups is 1. The molecule has 4 rings (SSSR count). The number of para-hydroxylation sites is 1. The molecule has 7 nitrogen and oxygen atoms in total. The van der Waals surface area contributed by atoms with Crippen molar-refractivity contribution in [3.63, 3.8) is 0 Å². The van der Waals surface area contributed by atoms with Crippen molar-refractivity contribution in [1.82, 2.24) is 9.80 Å². The molecule has 2 bridgehead atoms. The number of carbonyl (C=O) groups is 3. The highest BCUT2D eigenvalue weighted by atomic mass is 32.2. The van der Waals surface area contributed by atoms with Gasteiger partial charge in [-0.25, -0.2) is 0 Å². The smallest absolute Gasteiger partial charge is 0.247 e. The van der Waals surface area contributed by atoms with Crippen molar-refractivity contribution in [3.05, 3.63) is 55.6 Å². The topological polar surface area (TPSA) is 81.2 Å². The fourth-order valence-corrected chi connectivity index (χ4v) is 11.2. The number of anilines is 1. The van der Waals surface area contributed by atoms with Gasteiger partial charge < -0.3 is 19.8 Å². The lowest BCUT2D eigenvalue weighted by Gasteiger charge is -2.47. The second kappa shape index (κ2) is 13.3. The molecule has 1 aromatic carbocycles. The van der Waals surface area contributed by atoms with E-state index in [1.807, 2.05) is 35.2 Å². The number of carbonyl (C=O) groups excluding carboxylic acids is 3. The van der Waals surface area contributed by atoms with E-state index in [9.17, 15) is 14.7 Å². The number of nitrogens with zero attached hydrogens (tertiary/aromatic N) is 3. The maximum absolute atomic E-state index is 15.2. The Morgan fingerprint density at radius 1 is 1.09 bits per heavy atom. The molecule has 1 spiro atoms. The van der Waals surface area contributed by atoms with E-state index < -0.39 is 34.2 Å². The molecule has 0 aliphatic carbocycles. The Hall–Kier alpha value is -2.58. The third kappa shape index (κ3) is 6.38. The van der Waals surface area contributed by atoms with E-state index in [-0.39, 0.29) is 46.8 Å². The van der Waals surface area contributed by atoms with Crippen LogP contribution in [0.5, 0.6) is 0 Å².